The minimum absolute atomic E-state index is 0. The Bertz CT molecular complexity index is 413. The van der Waals surface area contributed by atoms with E-state index in [9.17, 15) is 15.2 Å². The average molecular weight is 264 g/mol. The van der Waals surface area contributed by atoms with Gasteiger partial charge < -0.3 is 21.3 Å². The summed E-state index contributed by atoms with van der Waals surface area (Å²) in [5, 5.41) is 20.4. The van der Waals surface area contributed by atoms with Crippen molar-refractivity contribution in [1.82, 2.24) is 0 Å². The van der Waals surface area contributed by atoms with E-state index in [2.05, 4.69) is 0 Å². The molecule has 1 aromatic carbocycles. The highest BCUT2D eigenvalue weighted by molar-refractivity contribution is 5.85. The van der Waals surface area contributed by atoms with E-state index in [0.717, 1.165) is 6.07 Å². The van der Waals surface area contributed by atoms with E-state index in [-0.39, 0.29) is 41.7 Å². The number of ether oxygens (including phenoxy) is 1. The molecule has 0 spiro atoms. The summed E-state index contributed by atoms with van der Waals surface area (Å²) in [5.41, 5.74) is 11.0. The van der Waals surface area contributed by atoms with Gasteiger partial charge in [0.05, 0.1) is 18.1 Å². The van der Waals surface area contributed by atoms with Crippen LogP contribution in [0.15, 0.2) is 12.1 Å². The second-order valence-corrected chi connectivity index (χ2v) is 3.19. The highest BCUT2D eigenvalue weighted by Crippen LogP contribution is 2.36. The largest absolute Gasteiger partial charge is 0.504 e. The number of phenolic OH excluding ortho intramolecular Hbond substituents is 1. The fourth-order valence-corrected chi connectivity index (χ4v) is 1.28. The third-order valence-electron chi connectivity index (χ3n) is 2.17. The second-order valence-electron chi connectivity index (χ2n) is 3.19. The lowest BCUT2D eigenvalue weighted by atomic mass is 10.1. The molecule has 0 saturated heterocycles. The van der Waals surface area contributed by atoms with Crippen LogP contribution in [-0.2, 0) is 0 Å². The molecule has 1 rings (SSSR count). The van der Waals surface area contributed by atoms with E-state index in [4.69, 9.17) is 16.2 Å². The molecule has 0 aliphatic heterocycles. The van der Waals surface area contributed by atoms with Gasteiger partial charge in [-0.25, -0.2) is 0 Å². The number of nitro benzene ring substituents is 1. The molecule has 0 fully saturated rings. The maximum Gasteiger partial charge on any atom is 0.273 e. The first kappa shape index (κ1) is 15.4. The van der Waals surface area contributed by atoms with E-state index >= 15 is 0 Å². The van der Waals surface area contributed by atoms with Crippen molar-refractivity contribution < 1.29 is 14.8 Å². The molecule has 7 nitrogen and oxygen atoms in total. The molecule has 0 bridgehead atoms. The normalized spacial score (nSPS) is 11.5. The average Bonchev–Trinajstić information content (AvgIpc) is 2.28. The number of rotatable bonds is 4. The van der Waals surface area contributed by atoms with Gasteiger partial charge in [-0.1, -0.05) is 0 Å². The Balaban J connectivity index is 0.00000256. The smallest absolute Gasteiger partial charge is 0.273 e. The lowest BCUT2D eigenvalue weighted by Crippen LogP contribution is -2.21. The Morgan fingerprint density at radius 2 is 2.18 bits per heavy atom. The molecule has 8 heteroatoms. The van der Waals surface area contributed by atoms with Crippen molar-refractivity contribution in [3.05, 3.63) is 27.8 Å². The molecule has 0 unspecified atom stereocenters. The van der Waals surface area contributed by atoms with Gasteiger partial charge in [-0.15, -0.1) is 12.4 Å². The van der Waals surface area contributed by atoms with Crippen molar-refractivity contribution in [2.75, 3.05) is 13.7 Å². The van der Waals surface area contributed by atoms with Gasteiger partial charge in [0.1, 0.15) is 0 Å². The summed E-state index contributed by atoms with van der Waals surface area (Å²) in [4.78, 5) is 10.1. The lowest BCUT2D eigenvalue weighted by molar-refractivity contribution is -0.385. The molecular weight excluding hydrogens is 250 g/mol. The van der Waals surface area contributed by atoms with Crippen molar-refractivity contribution in [3.8, 4) is 11.5 Å². The minimum Gasteiger partial charge on any atom is -0.504 e. The van der Waals surface area contributed by atoms with Crippen LogP contribution in [0.4, 0.5) is 5.69 Å². The Kier molecular flexibility index (Phi) is 5.66. The molecule has 0 amide bonds. The number of nitrogens with two attached hydrogens (primary N) is 2. The molecule has 1 atom stereocenters. The van der Waals surface area contributed by atoms with Gasteiger partial charge in [0.25, 0.3) is 5.69 Å². The van der Waals surface area contributed by atoms with Gasteiger partial charge in [0.15, 0.2) is 11.5 Å². The zero-order valence-corrected chi connectivity index (χ0v) is 9.94. The van der Waals surface area contributed by atoms with E-state index in [1.807, 2.05) is 0 Å². The molecule has 5 N–H and O–H groups in total. The first-order valence-electron chi connectivity index (χ1n) is 4.52. The van der Waals surface area contributed by atoms with Crippen LogP contribution in [-0.4, -0.2) is 23.7 Å². The minimum atomic E-state index is -0.672. The first-order valence-corrected chi connectivity index (χ1v) is 4.52. The summed E-state index contributed by atoms with van der Waals surface area (Å²) in [6, 6.07) is 1.64. The first-order chi connectivity index (χ1) is 7.51. The number of halogens is 1. The van der Waals surface area contributed by atoms with Crippen LogP contribution in [0.2, 0.25) is 0 Å². The van der Waals surface area contributed by atoms with E-state index in [0.29, 0.717) is 0 Å². The molecule has 0 heterocycles. The second kappa shape index (κ2) is 6.24. The van der Waals surface area contributed by atoms with Gasteiger partial charge in [-0.05, 0) is 0 Å². The molecule has 0 aromatic heterocycles. The fraction of sp³-hybridized carbons (Fsp3) is 0.333. The van der Waals surface area contributed by atoms with Gasteiger partial charge in [-0.3, -0.25) is 10.1 Å². The van der Waals surface area contributed by atoms with Crippen LogP contribution in [0.5, 0.6) is 11.5 Å². The third kappa shape index (κ3) is 3.19. The number of hydrogen-bond acceptors (Lipinski definition) is 6. The summed E-state index contributed by atoms with van der Waals surface area (Å²) >= 11 is 0. The van der Waals surface area contributed by atoms with Crippen LogP contribution >= 0.6 is 12.4 Å². The van der Waals surface area contributed by atoms with Gasteiger partial charge in [0, 0.05) is 24.2 Å². The SMILES string of the molecule is COc1cc([N+](=O)[O-])cc([C@@H](N)CN)c1O.Cl. The maximum absolute atomic E-state index is 10.6. The molecule has 0 aliphatic carbocycles. The quantitative estimate of drug-likeness (QED) is 0.542. The van der Waals surface area contributed by atoms with Crippen molar-refractivity contribution in [3.63, 3.8) is 0 Å². The Labute approximate surface area is 104 Å². The Morgan fingerprint density at radius 3 is 2.59 bits per heavy atom. The van der Waals surface area contributed by atoms with Crippen molar-refractivity contribution >= 4 is 18.1 Å². The number of nitrogens with zero attached hydrogens (tertiary/aromatic N) is 1. The van der Waals surface area contributed by atoms with Crippen LogP contribution in [0.25, 0.3) is 0 Å². The van der Waals surface area contributed by atoms with E-state index in [1.165, 1.54) is 13.2 Å². The molecule has 0 aliphatic rings. The summed E-state index contributed by atoms with van der Waals surface area (Å²) in [6.45, 7) is 0.0673. The summed E-state index contributed by atoms with van der Waals surface area (Å²) in [7, 11) is 1.30. The molecule has 0 saturated carbocycles. The number of nitro groups is 1. The zero-order valence-electron chi connectivity index (χ0n) is 9.12. The predicted molar refractivity (Wildman–Crippen MR) is 64.5 cm³/mol. The molecular formula is C9H14ClN3O4. The maximum atomic E-state index is 10.6. The highest BCUT2D eigenvalue weighted by Gasteiger charge is 2.20. The van der Waals surface area contributed by atoms with Crippen LogP contribution in [0.1, 0.15) is 11.6 Å². The summed E-state index contributed by atoms with van der Waals surface area (Å²) < 4.78 is 4.82. The number of benzene rings is 1. The third-order valence-corrected chi connectivity index (χ3v) is 2.17. The summed E-state index contributed by atoms with van der Waals surface area (Å²) in [6.07, 6.45) is 0. The van der Waals surface area contributed by atoms with Crippen molar-refractivity contribution in [2.24, 2.45) is 11.5 Å². The number of phenols is 1. The molecule has 96 valence electrons. The predicted octanol–water partition coefficient (Wildman–Crippen LogP) is 0.689. The lowest BCUT2D eigenvalue weighted by Gasteiger charge is -2.13. The Morgan fingerprint density at radius 1 is 1.59 bits per heavy atom. The highest BCUT2D eigenvalue weighted by atomic mass is 35.5. The topological polar surface area (TPSA) is 125 Å². The number of hydrogen-bond donors (Lipinski definition) is 3. The summed E-state index contributed by atoms with van der Waals surface area (Å²) in [5.74, 6) is -0.209. The van der Waals surface area contributed by atoms with Gasteiger partial charge in [-0.2, -0.15) is 0 Å². The number of non-ortho nitro benzene ring substituents is 1. The van der Waals surface area contributed by atoms with E-state index < -0.39 is 11.0 Å². The van der Waals surface area contributed by atoms with E-state index in [1.54, 1.807) is 0 Å². The number of aromatic hydroxyl groups is 1. The van der Waals surface area contributed by atoms with Gasteiger partial charge in [0.2, 0.25) is 0 Å². The standard InChI is InChI=1S/C9H13N3O4.ClH/c1-16-8-3-5(12(14)15)2-6(9(8)13)7(11)4-10;/h2-3,7,13H,4,10-11H2,1H3;1H/t7-;/m0./s1. The van der Waals surface area contributed by atoms with Gasteiger partial charge >= 0.3 is 0 Å². The molecule has 1 aromatic rings. The zero-order chi connectivity index (χ0) is 12.3. The number of methoxy groups -OCH3 is 1. The monoisotopic (exact) mass is 263 g/mol. The van der Waals surface area contributed by atoms with Crippen LogP contribution in [0.3, 0.4) is 0 Å². The van der Waals surface area contributed by atoms with Crippen LogP contribution < -0.4 is 16.2 Å². The fourth-order valence-electron chi connectivity index (χ4n) is 1.28. The Hall–Kier alpha value is -1.57. The van der Waals surface area contributed by atoms with Crippen molar-refractivity contribution in [1.29, 1.82) is 0 Å². The molecule has 0 radical (unpaired) electrons. The molecule has 17 heavy (non-hydrogen) atoms. The van der Waals surface area contributed by atoms with Crippen molar-refractivity contribution in [2.45, 2.75) is 6.04 Å². The van der Waals surface area contributed by atoms with Crippen LogP contribution in [0, 0.1) is 10.1 Å².